The van der Waals surface area contributed by atoms with Gasteiger partial charge in [0.15, 0.2) is 0 Å². The average molecular weight is 318 g/mol. The first-order valence-corrected chi connectivity index (χ1v) is 8.97. The predicted molar refractivity (Wildman–Crippen MR) is 93.4 cm³/mol. The van der Waals surface area contributed by atoms with Crippen molar-refractivity contribution in [2.45, 2.75) is 45.6 Å². The van der Waals surface area contributed by atoms with Gasteiger partial charge in [0, 0.05) is 13.1 Å². The Morgan fingerprint density at radius 1 is 1.13 bits per heavy atom. The molecule has 0 spiro atoms. The van der Waals surface area contributed by atoms with Gasteiger partial charge in [-0.15, -0.1) is 0 Å². The van der Waals surface area contributed by atoms with Gasteiger partial charge in [0.05, 0.1) is 0 Å². The molecule has 1 amide bonds. The summed E-state index contributed by atoms with van der Waals surface area (Å²) in [4.78, 5) is 16.5. The lowest BCUT2D eigenvalue weighted by Gasteiger charge is -2.27. The molecule has 1 aliphatic heterocycles. The van der Waals surface area contributed by atoms with E-state index in [0.717, 1.165) is 31.5 Å². The fourth-order valence-electron chi connectivity index (χ4n) is 3.01. The molecule has 0 saturated carbocycles. The summed E-state index contributed by atoms with van der Waals surface area (Å²) in [5.74, 6) is 0. The van der Waals surface area contributed by atoms with Crippen molar-refractivity contribution in [2.75, 3.05) is 32.7 Å². The normalized spacial score (nSPS) is 15.3. The molecule has 0 aromatic heterocycles. The van der Waals surface area contributed by atoms with Gasteiger partial charge >= 0.3 is 6.09 Å². The third-order valence-corrected chi connectivity index (χ3v) is 4.45. The zero-order valence-corrected chi connectivity index (χ0v) is 14.4. The van der Waals surface area contributed by atoms with E-state index in [-0.39, 0.29) is 6.09 Å². The van der Waals surface area contributed by atoms with Crippen molar-refractivity contribution in [2.24, 2.45) is 0 Å². The molecule has 1 fully saturated rings. The summed E-state index contributed by atoms with van der Waals surface area (Å²) in [5.41, 5.74) is 1.03. The van der Waals surface area contributed by atoms with E-state index in [1.807, 2.05) is 37.3 Å². The first-order valence-electron chi connectivity index (χ1n) is 8.97. The summed E-state index contributed by atoms with van der Waals surface area (Å²) < 4.78 is 5.40. The molecular weight excluding hydrogens is 288 g/mol. The van der Waals surface area contributed by atoms with Gasteiger partial charge in [-0.1, -0.05) is 36.8 Å². The molecule has 0 aliphatic carbocycles. The van der Waals surface area contributed by atoms with Crippen molar-refractivity contribution in [3.05, 3.63) is 35.9 Å². The molecule has 1 aliphatic rings. The number of unbranched alkanes of at least 4 members (excludes halogenated alkanes) is 1. The molecule has 1 saturated heterocycles. The molecule has 23 heavy (non-hydrogen) atoms. The Balaban J connectivity index is 1.62. The summed E-state index contributed by atoms with van der Waals surface area (Å²) in [7, 11) is 0. The maximum Gasteiger partial charge on any atom is 0.410 e. The number of carbonyl (C=O) groups excluding carboxylic acids is 1. The number of nitrogens with zero attached hydrogens (tertiary/aromatic N) is 2. The number of hydrogen-bond donors (Lipinski definition) is 0. The molecule has 2 rings (SSSR count). The maximum absolute atomic E-state index is 12.1. The lowest BCUT2D eigenvalue weighted by Crippen LogP contribution is -2.34. The number of rotatable bonds is 8. The van der Waals surface area contributed by atoms with Crippen LogP contribution in [0.5, 0.6) is 0 Å². The average Bonchev–Trinajstić information content (AvgIpc) is 2.61. The van der Waals surface area contributed by atoms with Crippen LogP contribution >= 0.6 is 0 Å². The molecule has 0 N–H and O–H groups in total. The zero-order chi connectivity index (χ0) is 16.3. The second-order valence-corrected chi connectivity index (χ2v) is 6.23. The van der Waals surface area contributed by atoms with E-state index >= 15 is 0 Å². The first-order chi connectivity index (χ1) is 11.3. The zero-order valence-electron chi connectivity index (χ0n) is 14.4. The Bertz CT molecular complexity index is 444. The second-order valence-electron chi connectivity index (χ2n) is 6.23. The van der Waals surface area contributed by atoms with E-state index in [0.29, 0.717) is 13.2 Å². The van der Waals surface area contributed by atoms with Crippen LogP contribution in [0.1, 0.15) is 44.6 Å². The Morgan fingerprint density at radius 3 is 2.57 bits per heavy atom. The topological polar surface area (TPSA) is 32.8 Å². The van der Waals surface area contributed by atoms with Crippen LogP contribution in [-0.2, 0) is 11.3 Å². The van der Waals surface area contributed by atoms with Crippen LogP contribution in [-0.4, -0.2) is 48.6 Å². The van der Waals surface area contributed by atoms with E-state index in [2.05, 4.69) is 4.90 Å². The summed E-state index contributed by atoms with van der Waals surface area (Å²) >= 11 is 0. The van der Waals surface area contributed by atoms with Crippen molar-refractivity contribution in [1.82, 2.24) is 9.80 Å². The van der Waals surface area contributed by atoms with Gasteiger partial charge < -0.3 is 14.5 Å². The number of amides is 1. The summed E-state index contributed by atoms with van der Waals surface area (Å²) in [6, 6.07) is 9.83. The van der Waals surface area contributed by atoms with E-state index in [1.165, 1.54) is 32.4 Å². The highest BCUT2D eigenvalue weighted by Crippen LogP contribution is 2.10. The molecule has 1 aromatic carbocycles. The molecule has 0 atom stereocenters. The highest BCUT2D eigenvalue weighted by Gasteiger charge is 2.13. The minimum absolute atomic E-state index is 0.200. The Hall–Kier alpha value is -1.55. The van der Waals surface area contributed by atoms with E-state index < -0.39 is 0 Å². The van der Waals surface area contributed by atoms with Gasteiger partial charge in [0.2, 0.25) is 0 Å². The number of ether oxygens (including phenoxy) is 1. The van der Waals surface area contributed by atoms with Gasteiger partial charge in [-0.2, -0.15) is 0 Å². The lowest BCUT2D eigenvalue weighted by molar-refractivity contribution is 0.0968. The number of piperidine rings is 1. The third kappa shape index (κ3) is 6.61. The van der Waals surface area contributed by atoms with Crippen LogP contribution in [0.4, 0.5) is 4.79 Å². The minimum Gasteiger partial charge on any atom is -0.445 e. The van der Waals surface area contributed by atoms with E-state index in [9.17, 15) is 4.79 Å². The highest BCUT2D eigenvalue weighted by atomic mass is 16.6. The van der Waals surface area contributed by atoms with Gasteiger partial charge in [0.25, 0.3) is 0 Å². The molecular formula is C19H30N2O2. The summed E-state index contributed by atoms with van der Waals surface area (Å²) in [6.07, 6.45) is 6.06. The smallest absolute Gasteiger partial charge is 0.410 e. The van der Waals surface area contributed by atoms with E-state index in [1.54, 1.807) is 4.90 Å². The fraction of sp³-hybridized carbons (Fsp3) is 0.632. The highest BCUT2D eigenvalue weighted by molar-refractivity contribution is 5.67. The standard InChI is InChI=1S/C19H30N2O2/c1-2-21(16-10-9-15-20-13-7-4-8-14-20)19(22)23-17-18-11-5-3-6-12-18/h3,5-6,11-12H,2,4,7-10,13-17H2,1H3. The molecule has 1 heterocycles. The minimum atomic E-state index is -0.200. The van der Waals surface area contributed by atoms with Crippen molar-refractivity contribution in [3.8, 4) is 0 Å². The summed E-state index contributed by atoms with van der Waals surface area (Å²) in [5, 5.41) is 0. The van der Waals surface area contributed by atoms with E-state index in [4.69, 9.17) is 4.74 Å². The van der Waals surface area contributed by atoms with Crippen LogP contribution in [0.2, 0.25) is 0 Å². The molecule has 4 heteroatoms. The van der Waals surface area contributed by atoms with Gasteiger partial charge in [0.1, 0.15) is 6.61 Å². The largest absolute Gasteiger partial charge is 0.445 e. The van der Waals surface area contributed by atoms with Crippen LogP contribution in [0.3, 0.4) is 0 Å². The monoisotopic (exact) mass is 318 g/mol. The Kier molecular flexibility index (Phi) is 7.95. The van der Waals surface area contributed by atoms with Gasteiger partial charge in [-0.05, 0) is 57.8 Å². The quantitative estimate of drug-likeness (QED) is 0.681. The molecule has 0 unspecified atom stereocenters. The maximum atomic E-state index is 12.1. The summed E-state index contributed by atoms with van der Waals surface area (Å²) in [6.45, 7) is 7.51. The number of benzene rings is 1. The molecule has 1 aromatic rings. The SMILES string of the molecule is CCN(CCCCN1CCCCC1)C(=O)OCc1ccccc1. The van der Waals surface area contributed by atoms with Gasteiger partial charge in [-0.25, -0.2) is 4.79 Å². The first kappa shape index (κ1) is 17.8. The van der Waals surface area contributed by atoms with Gasteiger partial charge in [-0.3, -0.25) is 0 Å². The molecule has 0 bridgehead atoms. The fourth-order valence-corrected chi connectivity index (χ4v) is 3.01. The van der Waals surface area contributed by atoms with Crippen LogP contribution < -0.4 is 0 Å². The van der Waals surface area contributed by atoms with Crippen molar-refractivity contribution >= 4 is 6.09 Å². The molecule has 128 valence electrons. The molecule has 4 nitrogen and oxygen atoms in total. The van der Waals surface area contributed by atoms with Crippen molar-refractivity contribution in [1.29, 1.82) is 0 Å². The third-order valence-electron chi connectivity index (χ3n) is 4.45. The van der Waals surface area contributed by atoms with Crippen LogP contribution in [0.25, 0.3) is 0 Å². The lowest BCUT2D eigenvalue weighted by atomic mass is 10.1. The number of likely N-dealkylation sites (tertiary alicyclic amines) is 1. The van der Waals surface area contributed by atoms with Crippen LogP contribution in [0.15, 0.2) is 30.3 Å². The Labute approximate surface area is 140 Å². The second kappa shape index (κ2) is 10.3. The predicted octanol–water partition coefficient (Wildman–Crippen LogP) is 3.91. The van der Waals surface area contributed by atoms with Crippen molar-refractivity contribution < 1.29 is 9.53 Å². The molecule has 0 radical (unpaired) electrons. The number of hydrogen-bond acceptors (Lipinski definition) is 3. The van der Waals surface area contributed by atoms with Crippen molar-refractivity contribution in [3.63, 3.8) is 0 Å². The van der Waals surface area contributed by atoms with Crippen LogP contribution in [0, 0.1) is 0 Å². The number of carbonyl (C=O) groups is 1. The Morgan fingerprint density at radius 2 is 1.87 bits per heavy atom.